The van der Waals surface area contributed by atoms with Gasteiger partial charge >= 0.3 is 0 Å². The number of aryl methyl sites for hydroxylation is 2. The number of nitrogens with zero attached hydrogens (tertiary/aromatic N) is 2. The third-order valence-electron chi connectivity index (χ3n) is 3.81. The molecule has 0 amide bonds. The lowest BCUT2D eigenvalue weighted by Crippen LogP contribution is -2.52. The molecule has 18 heavy (non-hydrogen) atoms. The highest BCUT2D eigenvalue weighted by Crippen LogP contribution is 2.26. The van der Waals surface area contributed by atoms with Crippen molar-refractivity contribution in [3.05, 3.63) is 29.3 Å². The summed E-state index contributed by atoms with van der Waals surface area (Å²) >= 11 is 0. The zero-order chi connectivity index (χ0) is 13.1. The first kappa shape index (κ1) is 13.4. The summed E-state index contributed by atoms with van der Waals surface area (Å²) in [4.78, 5) is 4.81. The minimum Gasteiger partial charge on any atom is -0.396 e. The van der Waals surface area contributed by atoms with E-state index in [0.717, 1.165) is 26.1 Å². The Morgan fingerprint density at radius 1 is 1.28 bits per heavy atom. The van der Waals surface area contributed by atoms with Gasteiger partial charge in [0.25, 0.3) is 0 Å². The van der Waals surface area contributed by atoms with Crippen molar-refractivity contribution >= 4 is 5.69 Å². The van der Waals surface area contributed by atoms with Crippen molar-refractivity contribution in [2.24, 2.45) is 0 Å². The van der Waals surface area contributed by atoms with Crippen molar-refractivity contribution < 1.29 is 5.11 Å². The van der Waals surface area contributed by atoms with Crippen molar-refractivity contribution in [1.82, 2.24) is 4.90 Å². The van der Waals surface area contributed by atoms with Gasteiger partial charge in [-0.1, -0.05) is 17.7 Å². The summed E-state index contributed by atoms with van der Waals surface area (Å²) in [6.45, 7) is 7.75. The lowest BCUT2D eigenvalue weighted by atomic mass is 10.0. The first-order chi connectivity index (χ1) is 8.61. The predicted molar refractivity (Wildman–Crippen MR) is 76.2 cm³/mol. The van der Waals surface area contributed by atoms with Gasteiger partial charge in [-0.05, 0) is 38.9 Å². The number of likely N-dealkylation sites (N-methyl/N-ethyl adjacent to an activating group) is 1. The first-order valence-electron chi connectivity index (χ1n) is 6.75. The summed E-state index contributed by atoms with van der Waals surface area (Å²) in [7, 11) is 2.16. The third kappa shape index (κ3) is 2.85. The van der Waals surface area contributed by atoms with E-state index in [0.29, 0.717) is 6.04 Å². The van der Waals surface area contributed by atoms with Crippen LogP contribution in [0, 0.1) is 13.8 Å². The van der Waals surface area contributed by atoms with Crippen LogP contribution < -0.4 is 4.90 Å². The smallest absolute Gasteiger partial charge is 0.0451 e. The Labute approximate surface area is 110 Å². The second-order valence-electron chi connectivity index (χ2n) is 5.41. The van der Waals surface area contributed by atoms with Crippen LogP contribution in [-0.2, 0) is 0 Å². The molecule has 1 saturated heterocycles. The number of anilines is 1. The number of hydrogen-bond acceptors (Lipinski definition) is 3. The van der Waals surface area contributed by atoms with Gasteiger partial charge in [0.15, 0.2) is 0 Å². The molecule has 1 aliphatic rings. The molecule has 0 bridgehead atoms. The Bertz CT molecular complexity index is 405. The van der Waals surface area contributed by atoms with Gasteiger partial charge < -0.3 is 14.9 Å². The van der Waals surface area contributed by atoms with Gasteiger partial charge in [-0.25, -0.2) is 0 Å². The van der Waals surface area contributed by atoms with Crippen LogP contribution in [0.15, 0.2) is 18.2 Å². The summed E-state index contributed by atoms with van der Waals surface area (Å²) in [5.41, 5.74) is 3.97. The molecule has 0 radical (unpaired) electrons. The van der Waals surface area contributed by atoms with Gasteiger partial charge in [0.2, 0.25) is 0 Å². The monoisotopic (exact) mass is 248 g/mol. The minimum absolute atomic E-state index is 0.264. The zero-order valence-electron chi connectivity index (χ0n) is 11.7. The average molecular weight is 248 g/mol. The van der Waals surface area contributed by atoms with Crippen molar-refractivity contribution in [2.75, 3.05) is 38.2 Å². The van der Waals surface area contributed by atoms with Crippen LogP contribution in [0.2, 0.25) is 0 Å². The maximum absolute atomic E-state index is 9.24. The molecule has 1 aromatic rings. The van der Waals surface area contributed by atoms with Crippen molar-refractivity contribution in [3.8, 4) is 0 Å². The van der Waals surface area contributed by atoms with Crippen LogP contribution >= 0.6 is 0 Å². The van der Waals surface area contributed by atoms with Crippen molar-refractivity contribution in [1.29, 1.82) is 0 Å². The molecule has 100 valence electrons. The van der Waals surface area contributed by atoms with Crippen molar-refractivity contribution in [2.45, 2.75) is 26.3 Å². The molecule has 1 aliphatic heterocycles. The molecular weight excluding hydrogens is 224 g/mol. The van der Waals surface area contributed by atoms with Crippen LogP contribution in [0.1, 0.15) is 17.5 Å². The quantitative estimate of drug-likeness (QED) is 0.883. The number of aliphatic hydroxyl groups excluding tert-OH is 1. The van der Waals surface area contributed by atoms with Gasteiger partial charge in [-0.3, -0.25) is 0 Å². The summed E-state index contributed by atoms with van der Waals surface area (Å²) in [5.74, 6) is 0. The maximum atomic E-state index is 9.24. The zero-order valence-corrected chi connectivity index (χ0v) is 11.7. The maximum Gasteiger partial charge on any atom is 0.0451 e. The Morgan fingerprint density at radius 3 is 2.72 bits per heavy atom. The predicted octanol–water partition coefficient (Wildman–Crippen LogP) is 1.81. The average Bonchev–Trinajstić information content (AvgIpc) is 2.31. The third-order valence-corrected chi connectivity index (χ3v) is 3.81. The fourth-order valence-corrected chi connectivity index (χ4v) is 2.85. The molecule has 1 N–H and O–H groups in total. The second kappa shape index (κ2) is 5.72. The van der Waals surface area contributed by atoms with E-state index in [9.17, 15) is 5.11 Å². The van der Waals surface area contributed by atoms with Gasteiger partial charge in [0.1, 0.15) is 0 Å². The van der Waals surface area contributed by atoms with Crippen molar-refractivity contribution in [3.63, 3.8) is 0 Å². The second-order valence-corrected chi connectivity index (χ2v) is 5.41. The van der Waals surface area contributed by atoms with E-state index < -0.39 is 0 Å². The Balaban J connectivity index is 2.23. The largest absolute Gasteiger partial charge is 0.396 e. The van der Waals surface area contributed by atoms with E-state index in [1.807, 2.05) is 0 Å². The summed E-state index contributed by atoms with van der Waals surface area (Å²) in [6, 6.07) is 7.07. The molecule has 1 aromatic carbocycles. The lowest BCUT2D eigenvalue weighted by molar-refractivity contribution is 0.219. The molecule has 0 spiro atoms. The van der Waals surface area contributed by atoms with E-state index in [2.05, 4.69) is 48.9 Å². The van der Waals surface area contributed by atoms with E-state index in [4.69, 9.17) is 0 Å². The molecule has 0 aliphatic carbocycles. The number of benzene rings is 1. The van der Waals surface area contributed by atoms with Crippen LogP contribution in [0.3, 0.4) is 0 Å². The molecular formula is C15H24N2O. The number of aliphatic hydroxyl groups is 1. The lowest BCUT2D eigenvalue weighted by Gasteiger charge is -2.42. The Morgan fingerprint density at radius 2 is 2.06 bits per heavy atom. The van der Waals surface area contributed by atoms with Crippen LogP contribution in [0.5, 0.6) is 0 Å². The highest BCUT2D eigenvalue weighted by Gasteiger charge is 2.25. The highest BCUT2D eigenvalue weighted by molar-refractivity contribution is 5.55. The standard InChI is InChI=1S/C15H24N2O/c1-12-4-5-15(13(2)10-12)17-8-7-16(3)11-14(17)6-9-18/h4-5,10,14,18H,6-9,11H2,1-3H3. The molecule has 1 unspecified atom stereocenters. The molecule has 3 nitrogen and oxygen atoms in total. The normalized spacial score (nSPS) is 21.3. The SMILES string of the molecule is Cc1ccc(N2CCN(C)CC2CCO)c(C)c1. The molecule has 0 saturated carbocycles. The minimum atomic E-state index is 0.264. The van der Waals surface area contributed by atoms with Gasteiger partial charge in [-0.15, -0.1) is 0 Å². The van der Waals surface area contributed by atoms with Gasteiger partial charge in [-0.2, -0.15) is 0 Å². The van der Waals surface area contributed by atoms with Gasteiger partial charge in [0, 0.05) is 38.0 Å². The first-order valence-corrected chi connectivity index (χ1v) is 6.75. The fourth-order valence-electron chi connectivity index (χ4n) is 2.85. The van der Waals surface area contributed by atoms with E-state index >= 15 is 0 Å². The fraction of sp³-hybridized carbons (Fsp3) is 0.600. The van der Waals surface area contributed by atoms with Crippen LogP contribution in [-0.4, -0.2) is 49.3 Å². The summed E-state index contributed by atoms with van der Waals surface area (Å²) in [6.07, 6.45) is 0.845. The molecule has 1 atom stereocenters. The number of hydrogen-bond donors (Lipinski definition) is 1. The molecule has 0 aromatic heterocycles. The summed E-state index contributed by atoms with van der Waals surface area (Å²) < 4.78 is 0. The van der Waals surface area contributed by atoms with E-state index in [-0.39, 0.29) is 6.61 Å². The van der Waals surface area contributed by atoms with Gasteiger partial charge in [0.05, 0.1) is 0 Å². The topological polar surface area (TPSA) is 26.7 Å². The number of piperazine rings is 1. The Kier molecular flexibility index (Phi) is 4.25. The molecule has 1 fully saturated rings. The highest BCUT2D eigenvalue weighted by atomic mass is 16.3. The van der Waals surface area contributed by atoms with E-state index in [1.54, 1.807) is 0 Å². The van der Waals surface area contributed by atoms with Crippen LogP contribution in [0.25, 0.3) is 0 Å². The number of rotatable bonds is 3. The molecule has 3 heteroatoms. The summed E-state index contributed by atoms with van der Waals surface area (Å²) in [5, 5.41) is 9.24. The molecule has 2 rings (SSSR count). The Hall–Kier alpha value is -1.06. The van der Waals surface area contributed by atoms with Crippen LogP contribution in [0.4, 0.5) is 5.69 Å². The van der Waals surface area contributed by atoms with E-state index in [1.165, 1.54) is 16.8 Å². The molecule has 1 heterocycles.